The molecule has 6 nitrogen and oxygen atoms in total. The average molecular weight is 365 g/mol. The number of hydrogen-bond donors (Lipinski definition) is 3. The molecule has 0 radical (unpaired) electrons. The van der Waals surface area contributed by atoms with Gasteiger partial charge in [0, 0.05) is 11.9 Å². The Kier molecular flexibility index (Phi) is 7.80. The molecule has 0 aliphatic carbocycles. The second-order valence-electron chi connectivity index (χ2n) is 5.83. The van der Waals surface area contributed by atoms with Crippen LogP contribution in [0.25, 0.3) is 10.9 Å². The first-order valence-electron chi connectivity index (χ1n) is 8.22. The highest BCUT2D eigenvalue weighted by Gasteiger charge is 2.21. The molecule has 1 aromatic carbocycles. The Bertz CT molecular complexity index is 751. The Balaban J connectivity index is 0.00000312. The van der Waals surface area contributed by atoms with Crippen molar-refractivity contribution in [1.29, 1.82) is 0 Å². The highest BCUT2D eigenvalue weighted by molar-refractivity contribution is 6.07. The molecular formula is C18H25ClN4O2. The number of anilines is 1. The highest BCUT2D eigenvalue weighted by Crippen LogP contribution is 2.21. The molecule has 0 bridgehead atoms. The number of pyridine rings is 1. The topological polar surface area (TPSA) is 97.1 Å². The van der Waals surface area contributed by atoms with E-state index in [0.717, 1.165) is 11.8 Å². The van der Waals surface area contributed by atoms with Crippen LogP contribution in [0.3, 0.4) is 0 Å². The van der Waals surface area contributed by atoms with Crippen LogP contribution in [-0.2, 0) is 4.79 Å². The number of carbonyl (C=O) groups excluding carboxylic acids is 2. The van der Waals surface area contributed by atoms with Gasteiger partial charge in [-0.05, 0) is 25.0 Å². The number of nitrogens with zero attached hydrogens (tertiary/aromatic N) is 1. The van der Waals surface area contributed by atoms with Crippen molar-refractivity contribution in [3.8, 4) is 0 Å². The summed E-state index contributed by atoms with van der Waals surface area (Å²) in [4.78, 5) is 29.0. The van der Waals surface area contributed by atoms with E-state index >= 15 is 0 Å². The van der Waals surface area contributed by atoms with Gasteiger partial charge in [0.05, 0.1) is 17.1 Å². The summed E-state index contributed by atoms with van der Waals surface area (Å²) in [6, 6.07) is 8.31. The number of fused-ring (bicyclic) bond motifs is 1. The fraction of sp³-hybridized carbons (Fsp3) is 0.389. The van der Waals surface area contributed by atoms with Crippen molar-refractivity contribution in [2.24, 2.45) is 11.7 Å². The van der Waals surface area contributed by atoms with Crippen LogP contribution in [-0.4, -0.2) is 29.4 Å². The summed E-state index contributed by atoms with van der Waals surface area (Å²) in [6.45, 7) is 6.29. The minimum Gasteiger partial charge on any atom is -0.352 e. The summed E-state index contributed by atoms with van der Waals surface area (Å²) >= 11 is 0. The summed E-state index contributed by atoms with van der Waals surface area (Å²) < 4.78 is 0. The average Bonchev–Trinajstić information content (AvgIpc) is 2.59. The van der Waals surface area contributed by atoms with Gasteiger partial charge in [0.15, 0.2) is 0 Å². The number of nitrogens with one attached hydrogen (secondary N) is 2. The van der Waals surface area contributed by atoms with E-state index in [4.69, 9.17) is 5.73 Å². The molecule has 0 saturated carbocycles. The van der Waals surface area contributed by atoms with Crippen LogP contribution in [0, 0.1) is 5.92 Å². The van der Waals surface area contributed by atoms with Gasteiger partial charge in [-0.2, -0.15) is 0 Å². The molecule has 2 unspecified atom stereocenters. The van der Waals surface area contributed by atoms with Crippen molar-refractivity contribution in [2.45, 2.75) is 33.2 Å². The first kappa shape index (κ1) is 20.9. The van der Waals surface area contributed by atoms with Crippen LogP contribution in [0.2, 0.25) is 0 Å². The Morgan fingerprint density at radius 2 is 1.92 bits per heavy atom. The number of amides is 2. The minimum atomic E-state index is -0.615. The standard InChI is InChI=1S/C18H24N4O2.ClH/c1-4-11(3)16(19)18(24)22-15-10-13(17(23)20-5-2)12-8-6-7-9-14(12)21-15;/h6-11,16H,4-5,19H2,1-3H3,(H,20,23)(H,21,22,24);1H. The van der Waals surface area contributed by atoms with Gasteiger partial charge in [-0.15, -0.1) is 12.4 Å². The van der Waals surface area contributed by atoms with Crippen molar-refractivity contribution >= 4 is 40.9 Å². The van der Waals surface area contributed by atoms with Gasteiger partial charge in [0.25, 0.3) is 5.91 Å². The molecule has 2 rings (SSSR count). The molecule has 0 aliphatic heterocycles. The Morgan fingerprint density at radius 1 is 1.24 bits per heavy atom. The zero-order valence-corrected chi connectivity index (χ0v) is 15.5. The molecule has 136 valence electrons. The van der Waals surface area contributed by atoms with E-state index in [2.05, 4.69) is 15.6 Å². The van der Waals surface area contributed by atoms with E-state index in [9.17, 15) is 9.59 Å². The fourth-order valence-corrected chi connectivity index (χ4v) is 2.40. The number of aromatic nitrogens is 1. The molecular weight excluding hydrogens is 340 g/mol. The number of para-hydroxylation sites is 1. The predicted molar refractivity (Wildman–Crippen MR) is 103 cm³/mol. The lowest BCUT2D eigenvalue weighted by atomic mass is 9.99. The van der Waals surface area contributed by atoms with Crippen LogP contribution in [0.1, 0.15) is 37.6 Å². The zero-order chi connectivity index (χ0) is 17.7. The molecule has 4 N–H and O–H groups in total. The third kappa shape index (κ3) is 4.90. The van der Waals surface area contributed by atoms with Crippen LogP contribution < -0.4 is 16.4 Å². The maximum Gasteiger partial charge on any atom is 0.252 e. The van der Waals surface area contributed by atoms with E-state index in [1.807, 2.05) is 45.0 Å². The highest BCUT2D eigenvalue weighted by atomic mass is 35.5. The van der Waals surface area contributed by atoms with Crippen molar-refractivity contribution in [3.63, 3.8) is 0 Å². The third-order valence-corrected chi connectivity index (χ3v) is 4.11. The van der Waals surface area contributed by atoms with Gasteiger partial charge in [-0.3, -0.25) is 9.59 Å². The number of halogens is 1. The van der Waals surface area contributed by atoms with Gasteiger partial charge < -0.3 is 16.4 Å². The number of benzene rings is 1. The summed E-state index contributed by atoms with van der Waals surface area (Å²) in [5, 5.41) is 6.26. The molecule has 0 saturated heterocycles. The van der Waals surface area contributed by atoms with Crippen molar-refractivity contribution in [2.75, 3.05) is 11.9 Å². The SMILES string of the molecule is CCNC(=O)c1cc(NC(=O)C(N)C(C)CC)nc2ccccc12.Cl. The molecule has 7 heteroatoms. The molecule has 0 fully saturated rings. The zero-order valence-electron chi connectivity index (χ0n) is 14.7. The molecule has 1 heterocycles. The van der Waals surface area contributed by atoms with Gasteiger partial charge in [-0.25, -0.2) is 4.98 Å². The predicted octanol–water partition coefficient (Wildman–Crippen LogP) is 2.72. The summed E-state index contributed by atoms with van der Waals surface area (Å²) in [5.41, 5.74) is 7.09. The number of nitrogens with two attached hydrogens (primary N) is 1. The maximum absolute atomic E-state index is 12.3. The second-order valence-corrected chi connectivity index (χ2v) is 5.83. The molecule has 2 aromatic rings. The lowest BCUT2D eigenvalue weighted by Gasteiger charge is -2.18. The largest absolute Gasteiger partial charge is 0.352 e. The number of rotatable bonds is 6. The van der Waals surface area contributed by atoms with Crippen molar-refractivity contribution in [1.82, 2.24) is 10.3 Å². The smallest absolute Gasteiger partial charge is 0.252 e. The van der Waals surface area contributed by atoms with E-state index in [1.165, 1.54) is 0 Å². The number of carbonyl (C=O) groups is 2. The maximum atomic E-state index is 12.3. The molecule has 2 amide bonds. The quantitative estimate of drug-likeness (QED) is 0.734. The van der Waals surface area contributed by atoms with Crippen LogP contribution in [0.15, 0.2) is 30.3 Å². The minimum absolute atomic E-state index is 0. The Hall–Kier alpha value is -2.18. The van der Waals surface area contributed by atoms with Crippen molar-refractivity contribution in [3.05, 3.63) is 35.9 Å². The first-order valence-corrected chi connectivity index (χ1v) is 8.22. The lowest BCUT2D eigenvalue weighted by Crippen LogP contribution is -2.40. The molecule has 25 heavy (non-hydrogen) atoms. The Labute approximate surface area is 154 Å². The van der Waals surface area contributed by atoms with Gasteiger partial charge in [-0.1, -0.05) is 38.5 Å². The number of hydrogen-bond acceptors (Lipinski definition) is 4. The first-order chi connectivity index (χ1) is 11.5. The summed E-state index contributed by atoms with van der Waals surface area (Å²) in [7, 11) is 0. The van der Waals surface area contributed by atoms with Crippen molar-refractivity contribution < 1.29 is 9.59 Å². The normalized spacial score (nSPS) is 12.8. The van der Waals surface area contributed by atoms with Gasteiger partial charge >= 0.3 is 0 Å². The monoisotopic (exact) mass is 364 g/mol. The molecule has 0 aliphatic rings. The molecule has 2 atom stereocenters. The fourth-order valence-electron chi connectivity index (χ4n) is 2.40. The van der Waals surface area contributed by atoms with Gasteiger partial charge in [0.2, 0.25) is 5.91 Å². The molecule has 0 spiro atoms. The summed E-state index contributed by atoms with van der Waals surface area (Å²) in [5.74, 6) is -0.0983. The van der Waals surface area contributed by atoms with Crippen LogP contribution in [0.5, 0.6) is 0 Å². The Morgan fingerprint density at radius 3 is 2.56 bits per heavy atom. The van der Waals surface area contributed by atoms with Crippen LogP contribution >= 0.6 is 12.4 Å². The van der Waals surface area contributed by atoms with Crippen LogP contribution in [0.4, 0.5) is 5.82 Å². The second kappa shape index (κ2) is 9.34. The van der Waals surface area contributed by atoms with E-state index in [0.29, 0.717) is 23.4 Å². The van der Waals surface area contributed by atoms with E-state index < -0.39 is 6.04 Å². The lowest BCUT2D eigenvalue weighted by molar-refractivity contribution is -0.118. The van der Waals surface area contributed by atoms with E-state index in [-0.39, 0.29) is 30.1 Å². The summed E-state index contributed by atoms with van der Waals surface area (Å²) in [6.07, 6.45) is 0.809. The van der Waals surface area contributed by atoms with Gasteiger partial charge in [0.1, 0.15) is 5.82 Å². The van der Waals surface area contributed by atoms with E-state index in [1.54, 1.807) is 6.07 Å². The molecule has 1 aromatic heterocycles. The third-order valence-electron chi connectivity index (χ3n) is 4.11.